The summed E-state index contributed by atoms with van der Waals surface area (Å²) in [5, 5.41) is 0. The molecule has 2 heterocycles. The molecule has 1 unspecified atom stereocenters. The van der Waals surface area contributed by atoms with Crippen LogP contribution in [0.2, 0.25) is 0 Å². The van der Waals surface area contributed by atoms with Crippen LogP contribution < -0.4 is 0 Å². The number of thioether (sulfide) groups is 1. The van der Waals surface area contributed by atoms with Crippen LogP contribution >= 0.6 is 11.8 Å². The molecule has 2 aromatic rings. The highest BCUT2D eigenvalue weighted by molar-refractivity contribution is 7.99. The molecule has 2 aromatic carbocycles. The summed E-state index contributed by atoms with van der Waals surface area (Å²) in [4.78, 5) is 5.27. The van der Waals surface area contributed by atoms with Crippen molar-refractivity contribution in [2.24, 2.45) is 0 Å². The van der Waals surface area contributed by atoms with Crippen molar-refractivity contribution in [3.05, 3.63) is 71.0 Å². The molecule has 0 bridgehead atoms. The Morgan fingerprint density at radius 1 is 1.09 bits per heavy atom. The second-order valence-corrected chi connectivity index (χ2v) is 12.1. The van der Waals surface area contributed by atoms with Gasteiger partial charge in [-0.3, -0.25) is 9.80 Å². The fraction of sp³-hybridized carbons (Fsp3) is 0.600. The third-order valence-corrected chi connectivity index (χ3v) is 8.98. The fourth-order valence-electron chi connectivity index (χ4n) is 6.10. The highest BCUT2D eigenvalue weighted by Crippen LogP contribution is 2.39. The second-order valence-electron chi connectivity index (χ2n) is 10.8. The van der Waals surface area contributed by atoms with Crippen LogP contribution in [0.4, 0.5) is 4.39 Å². The lowest BCUT2D eigenvalue weighted by molar-refractivity contribution is -0.0561. The molecule has 0 radical (unpaired) electrons. The average Bonchev–Trinajstić information content (AvgIpc) is 2.88. The minimum atomic E-state index is -0.129. The number of rotatable bonds is 9. The van der Waals surface area contributed by atoms with Gasteiger partial charge in [0.2, 0.25) is 0 Å². The molecule has 5 heteroatoms. The van der Waals surface area contributed by atoms with E-state index >= 15 is 0 Å². The number of nitrogens with zero attached hydrogens (tertiary/aromatic N) is 2. The molecular formula is C30H43FN2OS. The Balaban J connectivity index is 1.62. The number of piperidine rings is 1. The van der Waals surface area contributed by atoms with Crippen LogP contribution in [0, 0.1) is 5.82 Å². The molecule has 0 aliphatic carbocycles. The van der Waals surface area contributed by atoms with Gasteiger partial charge in [-0.2, -0.15) is 11.8 Å². The Morgan fingerprint density at radius 2 is 1.89 bits per heavy atom. The van der Waals surface area contributed by atoms with Gasteiger partial charge in [0.05, 0.1) is 19.3 Å². The average molecular weight is 499 g/mol. The minimum absolute atomic E-state index is 0.127. The van der Waals surface area contributed by atoms with E-state index in [0.717, 1.165) is 44.0 Å². The van der Waals surface area contributed by atoms with Crippen LogP contribution in [0.15, 0.2) is 48.5 Å². The normalized spacial score (nSPS) is 23.3. The summed E-state index contributed by atoms with van der Waals surface area (Å²) < 4.78 is 20.6. The summed E-state index contributed by atoms with van der Waals surface area (Å²) >= 11 is 2.02. The molecule has 0 saturated carbocycles. The fourth-order valence-corrected chi connectivity index (χ4v) is 6.87. The maximum Gasteiger partial charge on any atom is 0.123 e. The molecule has 4 rings (SSSR count). The first-order valence-electron chi connectivity index (χ1n) is 13.4. The summed E-state index contributed by atoms with van der Waals surface area (Å²) in [7, 11) is 0. The number of halogens is 1. The van der Waals surface area contributed by atoms with Crippen molar-refractivity contribution >= 4 is 11.8 Å². The zero-order valence-electron chi connectivity index (χ0n) is 22.0. The van der Waals surface area contributed by atoms with E-state index in [1.165, 1.54) is 29.5 Å². The third-order valence-electron chi connectivity index (χ3n) is 7.85. The van der Waals surface area contributed by atoms with Gasteiger partial charge in [0, 0.05) is 29.9 Å². The molecule has 2 aliphatic heterocycles. The number of ether oxygens (including phenoxy) is 1. The van der Waals surface area contributed by atoms with Gasteiger partial charge < -0.3 is 4.74 Å². The van der Waals surface area contributed by atoms with Crippen molar-refractivity contribution in [1.82, 2.24) is 9.80 Å². The van der Waals surface area contributed by atoms with Crippen molar-refractivity contribution in [1.29, 1.82) is 0 Å². The quantitative estimate of drug-likeness (QED) is 0.374. The zero-order chi connectivity index (χ0) is 24.8. The van der Waals surface area contributed by atoms with Gasteiger partial charge in [-0.15, -0.1) is 0 Å². The van der Waals surface area contributed by atoms with E-state index in [1.807, 2.05) is 17.8 Å². The maximum absolute atomic E-state index is 14.6. The van der Waals surface area contributed by atoms with Gasteiger partial charge in [0.25, 0.3) is 0 Å². The van der Waals surface area contributed by atoms with Gasteiger partial charge >= 0.3 is 0 Å². The minimum Gasteiger partial charge on any atom is -0.378 e. The SMILES string of the molecule is CCSCC(C)N1CCCC[C@H]1c1ccc(F)cc1CC(C)(C)N1CCOC[C@H]1c1ccccc1. The van der Waals surface area contributed by atoms with Crippen LogP contribution in [0.25, 0.3) is 0 Å². The van der Waals surface area contributed by atoms with E-state index in [1.54, 1.807) is 6.07 Å². The number of morpholine rings is 1. The maximum atomic E-state index is 14.6. The Labute approximate surface area is 216 Å². The van der Waals surface area contributed by atoms with Gasteiger partial charge in [-0.1, -0.05) is 49.7 Å². The van der Waals surface area contributed by atoms with E-state index in [0.29, 0.717) is 18.7 Å². The molecule has 0 N–H and O–H groups in total. The van der Waals surface area contributed by atoms with Crippen molar-refractivity contribution in [3.63, 3.8) is 0 Å². The second kappa shape index (κ2) is 12.2. The van der Waals surface area contributed by atoms with Crippen LogP contribution in [-0.4, -0.2) is 59.2 Å². The standard InChI is InChI=1S/C30H43FN2OS/c1-5-35-22-23(2)32-16-10-9-13-28(32)27-15-14-26(31)19-25(27)20-30(3,4)33-17-18-34-21-29(33)24-11-7-6-8-12-24/h6-8,11-12,14-15,19,23,28-29H,5,9-10,13,16-18,20-22H2,1-4H3/t23?,28-,29-/m0/s1. The predicted molar refractivity (Wildman–Crippen MR) is 147 cm³/mol. The van der Waals surface area contributed by atoms with E-state index in [4.69, 9.17) is 4.74 Å². The predicted octanol–water partition coefficient (Wildman–Crippen LogP) is 6.89. The van der Waals surface area contributed by atoms with Crippen molar-refractivity contribution in [2.75, 3.05) is 37.8 Å². The van der Waals surface area contributed by atoms with Crippen LogP contribution in [0.3, 0.4) is 0 Å². The number of hydrogen-bond acceptors (Lipinski definition) is 4. The molecule has 2 aliphatic rings. The molecule has 3 nitrogen and oxygen atoms in total. The van der Waals surface area contributed by atoms with Crippen LogP contribution in [0.5, 0.6) is 0 Å². The molecule has 2 fully saturated rings. The van der Waals surface area contributed by atoms with Gasteiger partial charge in [0.1, 0.15) is 5.82 Å². The number of likely N-dealkylation sites (tertiary alicyclic amines) is 1. The van der Waals surface area contributed by atoms with Crippen LogP contribution in [0.1, 0.15) is 75.7 Å². The zero-order valence-corrected chi connectivity index (χ0v) is 22.8. The Bertz CT molecular complexity index is 937. The van der Waals surface area contributed by atoms with Crippen LogP contribution in [-0.2, 0) is 11.2 Å². The van der Waals surface area contributed by atoms with E-state index < -0.39 is 0 Å². The summed E-state index contributed by atoms with van der Waals surface area (Å²) in [6.07, 6.45) is 4.48. The van der Waals surface area contributed by atoms with E-state index in [9.17, 15) is 4.39 Å². The molecular weight excluding hydrogens is 455 g/mol. The molecule has 0 amide bonds. The van der Waals surface area contributed by atoms with Crippen molar-refractivity contribution < 1.29 is 9.13 Å². The molecule has 0 aromatic heterocycles. The summed E-state index contributed by atoms with van der Waals surface area (Å²) in [6.45, 7) is 12.7. The smallest absolute Gasteiger partial charge is 0.123 e. The molecule has 2 saturated heterocycles. The topological polar surface area (TPSA) is 15.7 Å². The Morgan fingerprint density at radius 3 is 2.66 bits per heavy atom. The largest absolute Gasteiger partial charge is 0.378 e. The first-order valence-corrected chi connectivity index (χ1v) is 14.6. The lowest BCUT2D eigenvalue weighted by Crippen LogP contribution is -2.53. The van der Waals surface area contributed by atoms with Crippen molar-refractivity contribution in [3.8, 4) is 0 Å². The lowest BCUT2D eigenvalue weighted by Gasteiger charge is -2.47. The number of benzene rings is 2. The Hall–Kier alpha value is -1.40. The van der Waals surface area contributed by atoms with Gasteiger partial charge in [-0.25, -0.2) is 4.39 Å². The van der Waals surface area contributed by atoms with Crippen molar-refractivity contribution in [2.45, 2.75) is 77.0 Å². The van der Waals surface area contributed by atoms with Gasteiger partial charge in [0.15, 0.2) is 0 Å². The molecule has 192 valence electrons. The molecule has 0 spiro atoms. The first kappa shape index (κ1) is 26.7. The summed E-state index contributed by atoms with van der Waals surface area (Å²) in [5.74, 6) is 2.18. The van der Waals surface area contributed by atoms with Gasteiger partial charge in [-0.05, 0) is 81.2 Å². The Kier molecular flexibility index (Phi) is 9.31. The van der Waals surface area contributed by atoms with E-state index in [-0.39, 0.29) is 17.4 Å². The lowest BCUT2D eigenvalue weighted by atomic mass is 9.84. The monoisotopic (exact) mass is 498 g/mol. The molecule has 35 heavy (non-hydrogen) atoms. The third kappa shape index (κ3) is 6.49. The molecule has 3 atom stereocenters. The summed E-state index contributed by atoms with van der Waals surface area (Å²) in [5.41, 5.74) is 3.66. The highest BCUT2D eigenvalue weighted by atomic mass is 32.2. The number of hydrogen-bond donors (Lipinski definition) is 0. The highest BCUT2D eigenvalue weighted by Gasteiger charge is 2.37. The first-order chi connectivity index (χ1) is 16.9. The van der Waals surface area contributed by atoms with E-state index in [2.05, 4.69) is 73.9 Å². The summed E-state index contributed by atoms with van der Waals surface area (Å²) in [6, 6.07) is 17.4.